The number of carboxylic acid groups (broad SMARTS) is 1. The summed E-state index contributed by atoms with van der Waals surface area (Å²) in [5.74, 6) is -1.60. The van der Waals surface area contributed by atoms with Crippen LogP contribution in [0.4, 0.5) is 0 Å². The number of aromatic hydroxyl groups is 1. The van der Waals surface area contributed by atoms with Gasteiger partial charge in [-0.15, -0.1) is 0 Å². The van der Waals surface area contributed by atoms with Gasteiger partial charge in [0.1, 0.15) is 17.5 Å². The van der Waals surface area contributed by atoms with Crippen LogP contribution in [0, 0.1) is 0 Å². The summed E-state index contributed by atoms with van der Waals surface area (Å²) in [5, 5.41) is 21.2. The molecule has 4 N–H and O–H groups in total. The third-order valence-electron chi connectivity index (χ3n) is 2.87. The zero-order valence-electron chi connectivity index (χ0n) is 10.8. The Morgan fingerprint density at radius 1 is 1.29 bits per heavy atom. The van der Waals surface area contributed by atoms with Crippen molar-refractivity contribution in [3.63, 3.8) is 0 Å². The van der Waals surface area contributed by atoms with E-state index >= 15 is 0 Å². The molecule has 0 aliphatic rings. The maximum Gasteiger partial charge on any atom is 0.326 e. The van der Waals surface area contributed by atoms with Gasteiger partial charge >= 0.3 is 5.97 Å². The summed E-state index contributed by atoms with van der Waals surface area (Å²) < 4.78 is 0. The Labute approximate surface area is 125 Å². The molecule has 0 spiro atoms. The van der Waals surface area contributed by atoms with E-state index in [-0.39, 0.29) is 17.9 Å². The molecule has 0 aliphatic carbocycles. The van der Waals surface area contributed by atoms with Crippen LogP contribution in [0.15, 0.2) is 36.5 Å². The van der Waals surface area contributed by atoms with Crippen molar-refractivity contribution in [2.24, 2.45) is 0 Å². The summed E-state index contributed by atoms with van der Waals surface area (Å²) in [6.07, 6.45) is 1.54. The van der Waals surface area contributed by atoms with E-state index < -0.39 is 17.9 Å². The number of carboxylic acids is 1. The molecule has 21 heavy (non-hydrogen) atoms. The standard InChI is InChI=1S/C14H13ClN2O4/c15-9-6-11(16-7-9)13(19)17-12(14(20)21)5-8-1-3-10(18)4-2-8/h1-4,6-7,12,16,18H,5H2,(H,17,19)(H,20,21)/t12-/m0/s1. The molecule has 110 valence electrons. The zero-order valence-corrected chi connectivity index (χ0v) is 11.6. The Balaban J connectivity index is 2.07. The quantitative estimate of drug-likeness (QED) is 0.676. The van der Waals surface area contributed by atoms with Crippen molar-refractivity contribution in [3.8, 4) is 5.75 Å². The van der Waals surface area contributed by atoms with Gasteiger partial charge in [-0.25, -0.2) is 4.79 Å². The van der Waals surface area contributed by atoms with Crippen molar-refractivity contribution < 1.29 is 19.8 Å². The van der Waals surface area contributed by atoms with Gasteiger partial charge in [0.2, 0.25) is 0 Å². The predicted molar refractivity (Wildman–Crippen MR) is 76.5 cm³/mol. The maximum absolute atomic E-state index is 11.9. The molecule has 2 rings (SSSR count). The number of aromatic amines is 1. The molecular weight excluding hydrogens is 296 g/mol. The first-order valence-electron chi connectivity index (χ1n) is 6.11. The number of hydrogen-bond acceptors (Lipinski definition) is 3. The van der Waals surface area contributed by atoms with Crippen LogP contribution in [0.2, 0.25) is 5.02 Å². The molecule has 0 fully saturated rings. The van der Waals surface area contributed by atoms with Gasteiger partial charge < -0.3 is 20.5 Å². The van der Waals surface area contributed by atoms with Gasteiger partial charge in [-0.05, 0) is 23.8 Å². The van der Waals surface area contributed by atoms with E-state index in [0.717, 1.165) is 0 Å². The molecule has 1 aromatic heterocycles. The van der Waals surface area contributed by atoms with Crippen LogP contribution in [0.25, 0.3) is 0 Å². The lowest BCUT2D eigenvalue weighted by atomic mass is 10.1. The Kier molecular flexibility index (Phi) is 4.49. The number of amides is 1. The van der Waals surface area contributed by atoms with Gasteiger partial charge in [0, 0.05) is 12.6 Å². The summed E-state index contributed by atoms with van der Waals surface area (Å²) in [4.78, 5) is 25.8. The smallest absolute Gasteiger partial charge is 0.326 e. The average Bonchev–Trinajstić information content (AvgIpc) is 2.87. The Bertz CT molecular complexity index is 651. The fourth-order valence-electron chi connectivity index (χ4n) is 1.80. The van der Waals surface area contributed by atoms with Crippen LogP contribution in [-0.2, 0) is 11.2 Å². The molecule has 0 aliphatic heterocycles. The lowest BCUT2D eigenvalue weighted by Gasteiger charge is -2.14. The van der Waals surface area contributed by atoms with Gasteiger partial charge in [-0.3, -0.25) is 4.79 Å². The fraction of sp³-hybridized carbons (Fsp3) is 0.143. The number of carbonyl (C=O) groups is 2. The van der Waals surface area contributed by atoms with Crippen molar-refractivity contribution in [3.05, 3.63) is 52.8 Å². The van der Waals surface area contributed by atoms with Crippen molar-refractivity contribution in [2.75, 3.05) is 0 Å². The maximum atomic E-state index is 11.9. The van der Waals surface area contributed by atoms with E-state index in [1.807, 2.05) is 0 Å². The minimum Gasteiger partial charge on any atom is -0.508 e. The van der Waals surface area contributed by atoms with Crippen LogP contribution >= 0.6 is 11.6 Å². The summed E-state index contributed by atoms with van der Waals surface area (Å²) in [5.41, 5.74) is 0.877. The largest absolute Gasteiger partial charge is 0.508 e. The SMILES string of the molecule is O=C(N[C@@H](Cc1ccc(O)cc1)C(=O)O)c1cc(Cl)c[nH]1. The van der Waals surface area contributed by atoms with Crippen molar-refractivity contribution in [1.82, 2.24) is 10.3 Å². The predicted octanol–water partition coefficient (Wildman–Crippen LogP) is 1.80. The summed E-state index contributed by atoms with van der Waals surface area (Å²) >= 11 is 5.70. The van der Waals surface area contributed by atoms with E-state index in [2.05, 4.69) is 10.3 Å². The minimum absolute atomic E-state index is 0.0932. The number of H-pyrrole nitrogens is 1. The van der Waals surface area contributed by atoms with Gasteiger partial charge in [0.15, 0.2) is 0 Å². The third kappa shape index (κ3) is 4.00. The second-order valence-corrected chi connectivity index (χ2v) is 4.90. The highest BCUT2D eigenvalue weighted by Gasteiger charge is 2.21. The van der Waals surface area contributed by atoms with E-state index in [1.165, 1.54) is 24.4 Å². The number of hydrogen-bond donors (Lipinski definition) is 4. The number of carbonyl (C=O) groups excluding carboxylic acids is 1. The molecule has 6 nitrogen and oxygen atoms in total. The van der Waals surface area contributed by atoms with Crippen molar-refractivity contribution in [1.29, 1.82) is 0 Å². The van der Waals surface area contributed by atoms with E-state index in [4.69, 9.17) is 11.6 Å². The lowest BCUT2D eigenvalue weighted by molar-refractivity contribution is -0.139. The number of benzene rings is 1. The van der Waals surface area contributed by atoms with E-state index in [9.17, 15) is 19.8 Å². The number of nitrogens with one attached hydrogen (secondary N) is 2. The average molecular weight is 309 g/mol. The molecule has 1 amide bonds. The first kappa shape index (κ1) is 14.9. The zero-order chi connectivity index (χ0) is 15.4. The number of phenolic OH excluding ortho intramolecular Hbond substituents is 1. The van der Waals surface area contributed by atoms with Gasteiger partial charge in [-0.2, -0.15) is 0 Å². The summed E-state index contributed by atoms with van der Waals surface area (Å²) in [6.45, 7) is 0. The highest BCUT2D eigenvalue weighted by Crippen LogP contribution is 2.13. The second-order valence-electron chi connectivity index (χ2n) is 4.47. The fourth-order valence-corrected chi connectivity index (χ4v) is 1.97. The van der Waals surface area contributed by atoms with Crippen LogP contribution in [-0.4, -0.2) is 33.1 Å². The van der Waals surface area contributed by atoms with E-state index in [0.29, 0.717) is 10.6 Å². The molecule has 0 saturated carbocycles. The summed E-state index contributed by atoms with van der Waals surface area (Å²) in [7, 11) is 0. The normalized spacial score (nSPS) is 11.9. The third-order valence-corrected chi connectivity index (χ3v) is 3.09. The number of aromatic nitrogens is 1. The summed E-state index contributed by atoms with van der Waals surface area (Å²) in [6, 6.07) is 6.45. The van der Waals surface area contributed by atoms with Gasteiger partial charge in [0.05, 0.1) is 5.02 Å². The van der Waals surface area contributed by atoms with Crippen LogP contribution in [0.1, 0.15) is 16.1 Å². The second kappa shape index (κ2) is 6.32. The van der Waals surface area contributed by atoms with Crippen molar-refractivity contribution in [2.45, 2.75) is 12.5 Å². The van der Waals surface area contributed by atoms with Crippen molar-refractivity contribution >= 4 is 23.5 Å². The van der Waals surface area contributed by atoms with Gasteiger partial charge in [0.25, 0.3) is 5.91 Å². The number of aliphatic carboxylic acids is 1. The van der Waals surface area contributed by atoms with Gasteiger partial charge in [-0.1, -0.05) is 23.7 Å². The monoisotopic (exact) mass is 308 g/mol. The molecule has 0 unspecified atom stereocenters. The molecule has 7 heteroatoms. The van der Waals surface area contributed by atoms with Crippen LogP contribution in [0.5, 0.6) is 5.75 Å². The molecule has 1 heterocycles. The van der Waals surface area contributed by atoms with E-state index in [1.54, 1.807) is 12.1 Å². The first-order chi connectivity index (χ1) is 9.95. The number of halogens is 1. The molecule has 1 aromatic carbocycles. The lowest BCUT2D eigenvalue weighted by Crippen LogP contribution is -2.42. The molecule has 2 aromatic rings. The first-order valence-corrected chi connectivity index (χ1v) is 6.49. The molecule has 0 bridgehead atoms. The molecule has 1 atom stereocenters. The number of phenols is 1. The Morgan fingerprint density at radius 3 is 2.48 bits per heavy atom. The number of rotatable bonds is 5. The van der Waals surface area contributed by atoms with Crippen LogP contribution in [0.3, 0.4) is 0 Å². The highest BCUT2D eigenvalue weighted by molar-refractivity contribution is 6.31. The topological polar surface area (TPSA) is 102 Å². The molecule has 0 saturated heterocycles. The molecular formula is C14H13ClN2O4. The minimum atomic E-state index is -1.14. The Morgan fingerprint density at radius 2 is 1.95 bits per heavy atom. The van der Waals surface area contributed by atoms with Crippen LogP contribution < -0.4 is 5.32 Å². The highest BCUT2D eigenvalue weighted by atomic mass is 35.5. The Hall–Kier alpha value is -2.47. The molecule has 0 radical (unpaired) electrons.